The first-order valence-corrected chi connectivity index (χ1v) is 11.4. The molecule has 4 fully saturated rings. The van der Waals surface area contributed by atoms with E-state index in [1.165, 1.54) is 5.57 Å². The fourth-order valence-electron chi connectivity index (χ4n) is 7.96. The predicted octanol–water partition coefficient (Wildman–Crippen LogP) is 4.64. The number of aliphatic carboxylic acids is 1. The summed E-state index contributed by atoms with van der Waals surface area (Å²) in [7, 11) is 0. The third kappa shape index (κ3) is 2.50. The highest BCUT2D eigenvalue weighted by atomic mass is 16.5. The van der Waals surface area contributed by atoms with E-state index in [-0.39, 0.29) is 11.3 Å². The third-order valence-electron chi connectivity index (χ3n) is 9.92. The van der Waals surface area contributed by atoms with Crippen LogP contribution in [0, 0.1) is 28.1 Å². The molecule has 0 radical (unpaired) electrons. The van der Waals surface area contributed by atoms with Crippen LogP contribution in [-0.4, -0.2) is 33.9 Å². The van der Waals surface area contributed by atoms with Gasteiger partial charge in [-0.3, -0.25) is 4.79 Å². The minimum atomic E-state index is -1.22. The molecular formula is C25H36O5. The van der Waals surface area contributed by atoms with Crippen LogP contribution < -0.4 is 0 Å². The van der Waals surface area contributed by atoms with Gasteiger partial charge in [-0.05, 0) is 84.0 Å². The van der Waals surface area contributed by atoms with Crippen molar-refractivity contribution in [2.45, 2.75) is 90.8 Å². The molecule has 0 aromatic carbocycles. The number of hydrogen-bond acceptors (Lipinski definition) is 4. The summed E-state index contributed by atoms with van der Waals surface area (Å²) in [6, 6.07) is 0. The van der Waals surface area contributed by atoms with E-state index in [1.807, 2.05) is 0 Å². The maximum atomic E-state index is 12.7. The van der Waals surface area contributed by atoms with Gasteiger partial charge in [0, 0.05) is 16.4 Å². The van der Waals surface area contributed by atoms with Crippen LogP contribution in [0.5, 0.6) is 0 Å². The second kappa shape index (κ2) is 6.69. The second-order valence-electron chi connectivity index (χ2n) is 10.9. The molecule has 2 bridgehead atoms. The van der Waals surface area contributed by atoms with E-state index in [1.54, 1.807) is 26.8 Å². The largest absolute Gasteiger partial charge is 0.481 e. The van der Waals surface area contributed by atoms with E-state index in [2.05, 4.69) is 13.5 Å². The van der Waals surface area contributed by atoms with Crippen molar-refractivity contribution in [1.82, 2.24) is 0 Å². The van der Waals surface area contributed by atoms with Crippen LogP contribution in [0.2, 0.25) is 0 Å². The number of esters is 1. The number of carboxylic acids is 1. The summed E-state index contributed by atoms with van der Waals surface area (Å²) < 4.78 is 5.78. The lowest BCUT2D eigenvalue weighted by Crippen LogP contribution is -2.71. The molecule has 4 rings (SSSR count). The number of rotatable bonds is 3. The van der Waals surface area contributed by atoms with Gasteiger partial charge in [0.15, 0.2) is 0 Å². The van der Waals surface area contributed by atoms with Crippen LogP contribution in [0.15, 0.2) is 23.8 Å². The number of carbonyl (C=O) groups is 2. The number of ether oxygens (including phenoxy) is 1. The summed E-state index contributed by atoms with van der Waals surface area (Å²) >= 11 is 0. The van der Waals surface area contributed by atoms with Crippen LogP contribution in [0.1, 0.15) is 79.1 Å². The number of aliphatic hydroxyl groups is 1. The van der Waals surface area contributed by atoms with Crippen molar-refractivity contribution in [2.75, 3.05) is 0 Å². The van der Waals surface area contributed by atoms with Crippen molar-refractivity contribution >= 4 is 11.9 Å². The summed E-state index contributed by atoms with van der Waals surface area (Å²) in [4.78, 5) is 25.2. The zero-order valence-corrected chi connectivity index (χ0v) is 18.8. The normalized spacial score (nSPS) is 48.0. The van der Waals surface area contributed by atoms with Crippen LogP contribution in [0.25, 0.3) is 0 Å². The molecule has 0 aromatic heterocycles. The van der Waals surface area contributed by atoms with E-state index in [0.29, 0.717) is 30.8 Å². The van der Waals surface area contributed by atoms with Gasteiger partial charge in [0.1, 0.15) is 11.5 Å². The highest BCUT2D eigenvalue weighted by Gasteiger charge is 2.74. The molecule has 5 heteroatoms. The van der Waals surface area contributed by atoms with Gasteiger partial charge in [-0.15, -0.1) is 0 Å². The van der Waals surface area contributed by atoms with Crippen LogP contribution in [0.3, 0.4) is 0 Å². The number of carbonyl (C=O) groups excluding carboxylic acids is 1. The fourth-order valence-corrected chi connectivity index (χ4v) is 7.96. The third-order valence-corrected chi connectivity index (χ3v) is 9.92. The molecule has 2 N–H and O–H groups in total. The minimum absolute atomic E-state index is 0.178. The van der Waals surface area contributed by atoms with Crippen molar-refractivity contribution in [1.29, 1.82) is 0 Å². The maximum Gasteiger partial charge on any atom is 0.333 e. The number of fused-ring (bicyclic) bond motifs is 3. The van der Waals surface area contributed by atoms with Gasteiger partial charge in [0.25, 0.3) is 0 Å². The molecule has 0 amide bonds. The Bertz CT molecular complexity index is 829. The highest BCUT2D eigenvalue weighted by molar-refractivity contribution is 5.88. The lowest BCUT2D eigenvalue weighted by molar-refractivity contribution is -0.276. The zero-order valence-electron chi connectivity index (χ0n) is 18.8. The highest BCUT2D eigenvalue weighted by Crippen LogP contribution is 2.74. The molecule has 1 spiro atoms. The molecule has 0 unspecified atom stereocenters. The van der Waals surface area contributed by atoms with Crippen molar-refractivity contribution < 1.29 is 24.5 Å². The van der Waals surface area contributed by atoms with Crippen LogP contribution in [0.4, 0.5) is 0 Å². The summed E-state index contributed by atoms with van der Waals surface area (Å²) in [6.07, 6.45) is 7.16. The summed E-state index contributed by atoms with van der Waals surface area (Å²) in [6.45, 7) is 11.6. The molecule has 7 atom stereocenters. The van der Waals surface area contributed by atoms with Gasteiger partial charge >= 0.3 is 11.9 Å². The Labute approximate surface area is 179 Å². The Hall–Kier alpha value is -1.62. The zero-order chi connectivity index (χ0) is 22.1. The first-order valence-electron chi connectivity index (χ1n) is 11.4. The van der Waals surface area contributed by atoms with Gasteiger partial charge < -0.3 is 14.9 Å². The Morgan fingerprint density at radius 1 is 1.17 bits per heavy atom. The molecular weight excluding hydrogens is 380 g/mol. The van der Waals surface area contributed by atoms with E-state index < -0.39 is 34.5 Å². The lowest BCUT2D eigenvalue weighted by atomic mass is 9.38. The molecule has 4 aliphatic carbocycles. The summed E-state index contributed by atoms with van der Waals surface area (Å²) in [5, 5.41) is 22.7. The van der Waals surface area contributed by atoms with Crippen LogP contribution in [-0.2, 0) is 14.3 Å². The molecule has 166 valence electrons. The molecule has 0 heterocycles. The first kappa shape index (κ1) is 21.6. The lowest BCUT2D eigenvalue weighted by Gasteiger charge is -2.68. The standard InChI is InChI=1S/C25H36O5/c1-6-15(2)20(26)30-19-9-10-22(4)18(23(19,5)21(27)28)8-11-24-13-16(3)17(14-24)7-12-25(22,24)29/h6,17-19,29H,3,7-14H2,1-2,4-5H3,(H,27,28)/t17-,18+,19-,22-,23+,24-,25-/m1/s1. The molecule has 5 nitrogen and oxygen atoms in total. The van der Waals surface area contributed by atoms with E-state index in [4.69, 9.17) is 4.74 Å². The van der Waals surface area contributed by atoms with Crippen molar-refractivity contribution in [3.05, 3.63) is 23.8 Å². The first-order chi connectivity index (χ1) is 13.9. The average molecular weight is 417 g/mol. The molecule has 0 aromatic rings. The Morgan fingerprint density at radius 2 is 1.87 bits per heavy atom. The minimum Gasteiger partial charge on any atom is -0.481 e. The molecule has 30 heavy (non-hydrogen) atoms. The molecule has 0 saturated heterocycles. The van der Waals surface area contributed by atoms with Crippen molar-refractivity contribution in [3.63, 3.8) is 0 Å². The molecule has 0 aliphatic heterocycles. The van der Waals surface area contributed by atoms with Gasteiger partial charge in [0.2, 0.25) is 0 Å². The van der Waals surface area contributed by atoms with Crippen molar-refractivity contribution in [2.24, 2.45) is 28.1 Å². The van der Waals surface area contributed by atoms with Gasteiger partial charge in [0.05, 0.1) is 5.60 Å². The number of carboxylic acid groups (broad SMARTS) is 1. The number of allylic oxidation sites excluding steroid dienone is 2. The Morgan fingerprint density at radius 3 is 2.50 bits per heavy atom. The second-order valence-corrected chi connectivity index (χ2v) is 10.9. The quantitative estimate of drug-likeness (QED) is 0.398. The average Bonchev–Trinajstić information content (AvgIpc) is 2.97. The Balaban J connectivity index is 1.73. The maximum absolute atomic E-state index is 12.7. The van der Waals surface area contributed by atoms with E-state index in [9.17, 15) is 19.8 Å². The van der Waals surface area contributed by atoms with Gasteiger partial charge in [-0.1, -0.05) is 25.2 Å². The SMILES string of the molecule is C=C1C[C@@]23CC[C@@H]4[C@](C)(C(=O)O)[C@H](OC(=O)C(C)=CC)CC[C@@]4(C)[C@]2(O)CC[C@@H]1C3. The summed E-state index contributed by atoms with van der Waals surface area (Å²) in [5.74, 6) is -1.13. The summed E-state index contributed by atoms with van der Waals surface area (Å²) in [5.41, 5.74) is -1.07. The molecule has 4 saturated carbocycles. The van der Waals surface area contributed by atoms with E-state index in [0.717, 1.165) is 32.1 Å². The smallest absolute Gasteiger partial charge is 0.333 e. The van der Waals surface area contributed by atoms with Crippen molar-refractivity contribution in [3.8, 4) is 0 Å². The topological polar surface area (TPSA) is 83.8 Å². The predicted molar refractivity (Wildman–Crippen MR) is 114 cm³/mol. The van der Waals surface area contributed by atoms with E-state index >= 15 is 0 Å². The Kier molecular flexibility index (Phi) is 4.82. The van der Waals surface area contributed by atoms with Crippen LogP contribution >= 0.6 is 0 Å². The van der Waals surface area contributed by atoms with Gasteiger partial charge in [-0.2, -0.15) is 0 Å². The number of hydrogen-bond donors (Lipinski definition) is 2. The molecule has 4 aliphatic rings. The monoisotopic (exact) mass is 416 g/mol. The fraction of sp³-hybridized carbons (Fsp3) is 0.760. The van der Waals surface area contributed by atoms with Gasteiger partial charge in [-0.25, -0.2) is 4.79 Å².